The zero-order valence-corrected chi connectivity index (χ0v) is 14.1. The Bertz CT molecular complexity index is 1190. The summed E-state index contributed by atoms with van der Waals surface area (Å²) < 4.78 is 38.0. The van der Waals surface area contributed by atoms with Crippen LogP contribution in [0.4, 0.5) is 10.1 Å². The van der Waals surface area contributed by atoms with E-state index in [9.17, 15) is 9.18 Å². The molecule has 3 heterocycles. The van der Waals surface area contributed by atoms with Crippen LogP contribution in [0.25, 0.3) is 0 Å². The van der Waals surface area contributed by atoms with Crippen LogP contribution in [-0.2, 0) is 6.98 Å². The van der Waals surface area contributed by atoms with E-state index in [4.69, 9.17) is 4.11 Å². The Kier molecular flexibility index (Phi) is 2.79. The highest BCUT2D eigenvalue weighted by atomic mass is 19.1. The molecule has 0 amide bonds. The molecule has 27 heavy (non-hydrogen) atoms. The lowest BCUT2D eigenvalue weighted by Gasteiger charge is -2.37. The van der Waals surface area contributed by atoms with Gasteiger partial charge in [-0.3, -0.25) is 14.5 Å². The highest BCUT2D eigenvalue weighted by Crippen LogP contribution is 2.44. The third kappa shape index (κ3) is 2.38. The Balaban J connectivity index is 1.75. The Morgan fingerprint density at radius 2 is 2.11 bits per heavy atom. The highest BCUT2D eigenvalue weighted by Gasteiger charge is 2.41. The zero-order valence-electron chi connectivity index (χ0n) is 17.1. The lowest BCUT2D eigenvalue weighted by molar-refractivity contribution is 0.1000. The molecule has 0 unspecified atom stereocenters. The van der Waals surface area contributed by atoms with E-state index in [0.717, 1.165) is 10.2 Å². The van der Waals surface area contributed by atoms with Crippen LogP contribution < -0.4 is 5.32 Å². The Morgan fingerprint density at radius 3 is 2.93 bits per heavy atom. The average Bonchev–Trinajstić information content (AvgIpc) is 3.21. The number of Topliss-reactive ketones (excluding diaryl/α,β-unsaturated/α-hetero) is 1. The number of carbonyl (C=O) groups is 1. The van der Waals surface area contributed by atoms with Gasteiger partial charge in [0.1, 0.15) is 24.5 Å². The number of hydrogen-bond acceptors (Lipinski definition) is 5. The molecular weight excluding hydrogens is 345 g/mol. The van der Waals surface area contributed by atoms with Crippen LogP contribution in [0.5, 0.6) is 0 Å². The average molecular weight is 364 g/mol. The molecule has 1 aromatic heterocycles. The number of ketones is 1. The van der Waals surface area contributed by atoms with E-state index >= 15 is 0 Å². The lowest BCUT2D eigenvalue weighted by Crippen LogP contribution is -2.37. The van der Waals surface area contributed by atoms with Crippen LogP contribution >= 0.6 is 0 Å². The largest absolute Gasteiger partial charge is 0.377 e. The van der Waals surface area contributed by atoms with Crippen molar-refractivity contribution in [2.45, 2.75) is 12.0 Å². The summed E-state index contributed by atoms with van der Waals surface area (Å²) in [6.07, 6.45) is 1.19. The zero-order chi connectivity index (χ0) is 21.0. The first kappa shape index (κ1) is 12.9. The minimum Gasteiger partial charge on any atom is -0.377 e. The number of halogens is 1. The number of aromatic nitrogens is 3. The first-order valence-corrected chi connectivity index (χ1v) is 8.48. The standard InChI is InChI=1S/C20H16FN5O/c1-26-20(23-10-24-26)17-18(11-5-7-12(21)8-6-11)25-14-4-2-3-13-15(27)9-22-19(17)16(13)14/h2-8,10,17-18,25H,9H2,1H3/t17-,18-/m0/s1/i1D3. The SMILES string of the molecule is [2H]C([2H])([2H])n1ncnc1[C@@H]1C2=NCC(=O)c3cccc(c32)N[C@H]1c1ccc(F)cc1. The van der Waals surface area contributed by atoms with Gasteiger partial charge in [0.15, 0.2) is 5.78 Å². The summed E-state index contributed by atoms with van der Waals surface area (Å²) in [6, 6.07) is 10.9. The van der Waals surface area contributed by atoms with E-state index in [1.165, 1.54) is 18.5 Å². The van der Waals surface area contributed by atoms with Crippen LogP contribution in [0.2, 0.25) is 0 Å². The number of nitrogens with one attached hydrogen (secondary N) is 1. The maximum atomic E-state index is 13.5. The highest BCUT2D eigenvalue weighted by molar-refractivity contribution is 6.21. The van der Waals surface area contributed by atoms with Crippen molar-refractivity contribution in [2.75, 3.05) is 11.9 Å². The molecule has 0 spiro atoms. The van der Waals surface area contributed by atoms with Gasteiger partial charge in [0.25, 0.3) is 0 Å². The summed E-state index contributed by atoms with van der Waals surface area (Å²) in [4.78, 5) is 21.2. The van der Waals surface area contributed by atoms with Gasteiger partial charge in [0.05, 0.1) is 17.7 Å². The molecule has 1 N–H and O–H groups in total. The second-order valence-corrected chi connectivity index (χ2v) is 6.53. The predicted molar refractivity (Wildman–Crippen MR) is 98.7 cm³/mol. The topological polar surface area (TPSA) is 72.2 Å². The molecule has 0 bridgehead atoms. The van der Waals surface area contributed by atoms with E-state index in [0.29, 0.717) is 22.5 Å². The predicted octanol–water partition coefficient (Wildman–Crippen LogP) is 2.89. The minimum atomic E-state index is -2.54. The molecule has 3 aromatic rings. The number of anilines is 1. The maximum absolute atomic E-state index is 13.5. The molecule has 5 rings (SSSR count). The molecule has 0 saturated heterocycles. The fourth-order valence-corrected chi connectivity index (χ4v) is 3.84. The van der Waals surface area contributed by atoms with E-state index in [1.807, 2.05) is 6.07 Å². The third-order valence-corrected chi connectivity index (χ3v) is 5.03. The molecular formula is C20H16FN5O. The summed E-state index contributed by atoms with van der Waals surface area (Å²) in [7, 11) is 0. The number of hydrogen-bond donors (Lipinski definition) is 1. The van der Waals surface area contributed by atoms with Gasteiger partial charge in [-0.15, -0.1) is 0 Å². The van der Waals surface area contributed by atoms with Crippen LogP contribution in [0, 0.1) is 5.82 Å². The van der Waals surface area contributed by atoms with Gasteiger partial charge in [-0.05, 0) is 23.8 Å². The van der Waals surface area contributed by atoms with Crippen LogP contribution in [0.15, 0.2) is 53.8 Å². The van der Waals surface area contributed by atoms with Crippen LogP contribution in [-0.4, -0.2) is 32.8 Å². The quantitative estimate of drug-likeness (QED) is 0.759. The van der Waals surface area contributed by atoms with Gasteiger partial charge < -0.3 is 5.32 Å². The molecule has 0 aliphatic carbocycles. The van der Waals surface area contributed by atoms with Crippen molar-refractivity contribution >= 4 is 17.2 Å². The van der Waals surface area contributed by atoms with Crippen molar-refractivity contribution in [2.24, 2.45) is 12.0 Å². The normalized spacial score (nSPS) is 22.8. The van der Waals surface area contributed by atoms with E-state index in [1.54, 1.807) is 24.3 Å². The molecule has 134 valence electrons. The molecule has 0 radical (unpaired) electrons. The molecule has 2 aliphatic rings. The summed E-state index contributed by atoms with van der Waals surface area (Å²) in [5.41, 5.74) is 3.21. The third-order valence-electron chi connectivity index (χ3n) is 5.03. The fraction of sp³-hybridized carbons (Fsp3) is 0.200. The van der Waals surface area contributed by atoms with E-state index in [-0.39, 0.29) is 24.0 Å². The second-order valence-electron chi connectivity index (χ2n) is 6.53. The summed E-state index contributed by atoms with van der Waals surface area (Å²) in [5.74, 6) is -0.917. The first-order valence-electron chi connectivity index (χ1n) is 9.98. The van der Waals surface area contributed by atoms with E-state index < -0.39 is 18.9 Å². The van der Waals surface area contributed by atoms with Crippen molar-refractivity contribution in [3.05, 3.63) is 77.1 Å². The molecule has 2 aromatic carbocycles. The molecule has 6 nitrogen and oxygen atoms in total. The Hall–Kier alpha value is -3.35. The van der Waals surface area contributed by atoms with Crippen LogP contribution in [0.1, 0.15) is 43.4 Å². The van der Waals surface area contributed by atoms with Gasteiger partial charge in [0.2, 0.25) is 0 Å². The first-order chi connectivity index (χ1) is 14.3. The summed E-state index contributed by atoms with van der Waals surface area (Å²) in [6.45, 7) is -2.57. The number of aryl methyl sites for hydroxylation is 1. The van der Waals surface area contributed by atoms with Crippen molar-refractivity contribution in [1.29, 1.82) is 0 Å². The van der Waals surface area contributed by atoms with Gasteiger partial charge in [-0.2, -0.15) is 5.10 Å². The molecule has 2 atom stereocenters. The number of carbonyl (C=O) groups excluding carboxylic acids is 1. The number of aliphatic imine (C=N–C) groups is 1. The smallest absolute Gasteiger partial charge is 0.184 e. The van der Waals surface area contributed by atoms with Gasteiger partial charge in [-0.25, -0.2) is 9.37 Å². The van der Waals surface area contributed by atoms with Crippen molar-refractivity contribution in [1.82, 2.24) is 14.8 Å². The van der Waals surface area contributed by atoms with Gasteiger partial charge in [0, 0.05) is 27.9 Å². The number of rotatable bonds is 2. The molecule has 0 saturated carbocycles. The van der Waals surface area contributed by atoms with Gasteiger partial charge in [-0.1, -0.05) is 24.3 Å². The lowest BCUT2D eigenvalue weighted by atomic mass is 9.78. The van der Waals surface area contributed by atoms with Gasteiger partial charge >= 0.3 is 0 Å². The number of nitrogens with zero attached hydrogens (tertiary/aromatic N) is 4. The van der Waals surface area contributed by atoms with Crippen LogP contribution in [0.3, 0.4) is 0 Å². The monoisotopic (exact) mass is 364 g/mol. The van der Waals surface area contributed by atoms with Crippen molar-refractivity contribution < 1.29 is 13.3 Å². The van der Waals surface area contributed by atoms with E-state index in [2.05, 4.69) is 20.4 Å². The molecule has 2 aliphatic heterocycles. The Labute approximate surface area is 159 Å². The Morgan fingerprint density at radius 1 is 1.26 bits per heavy atom. The maximum Gasteiger partial charge on any atom is 0.184 e. The minimum absolute atomic E-state index is 0.0275. The summed E-state index contributed by atoms with van der Waals surface area (Å²) in [5, 5.41) is 7.31. The molecule has 7 heteroatoms. The molecule has 0 fully saturated rings. The number of benzene rings is 2. The fourth-order valence-electron chi connectivity index (χ4n) is 3.84. The summed E-state index contributed by atoms with van der Waals surface area (Å²) >= 11 is 0. The van der Waals surface area contributed by atoms with Crippen molar-refractivity contribution in [3.63, 3.8) is 0 Å². The second kappa shape index (κ2) is 5.84. The van der Waals surface area contributed by atoms with Crippen molar-refractivity contribution in [3.8, 4) is 0 Å².